The van der Waals surface area contributed by atoms with Gasteiger partial charge in [-0.2, -0.15) is 5.10 Å². The second-order valence-corrected chi connectivity index (χ2v) is 5.38. The van der Waals surface area contributed by atoms with Gasteiger partial charge in [0.15, 0.2) is 5.69 Å². The molecule has 0 saturated heterocycles. The molecule has 1 unspecified atom stereocenters. The number of hydrogen-bond acceptors (Lipinski definition) is 5. The number of aromatic nitrogens is 2. The summed E-state index contributed by atoms with van der Waals surface area (Å²) >= 11 is 0. The minimum atomic E-state index is -0.555. The molecule has 0 aliphatic rings. The molecule has 0 amide bonds. The Morgan fingerprint density at radius 2 is 1.92 bits per heavy atom. The second kappa shape index (κ2) is 6.96. The minimum absolute atomic E-state index is 0.0465. The van der Waals surface area contributed by atoms with Crippen molar-refractivity contribution in [2.45, 2.75) is 13.0 Å². The Kier molecular flexibility index (Phi) is 4.56. The standard InChI is InChI=1S/C18H15N3O4/c1-13(14-6-3-2-4-7-14)25-18(22)17-10-11-20(19-17)15-8-5-9-16(12-15)21(23)24/h2-13H,1H3. The maximum Gasteiger partial charge on any atom is 0.359 e. The van der Waals surface area contributed by atoms with Gasteiger partial charge in [-0.15, -0.1) is 0 Å². The maximum absolute atomic E-state index is 12.2. The third-order valence-electron chi connectivity index (χ3n) is 3.66. The van der Waals surface area contributed by atoms with E-state index in [1.807, 2.05) is 30.3 Å². The van der Waals surface area contributed by atoms with Crippen molar-refractivity contribution < 1.29 is 14.5 Å². The lowest BCUT2D eigenvalue weighted by atomic mass is 10.1. The van der Waals surface area contributed by atoms with E-state index in [1.165, 1.54) is 22.9 Å². The van der Waals surface area contributed by atoms with Gasteiger partial charge in [0.25, 0.3) is 5.69 Å². The first kappa shape index (κ1) is 16.4. The number of rotatable bonds is 5. The van der Waals surface area contributed by atoms with Crippen molar-refractivity contribution in [2.75, 3.05) is 0 Å². The predicted octanol–water partition coefficient (Wildman–Crippen LogP) is 3.70. The third-order valence-corrected chi connectivity index (χ3v) is 3.66. The van der Waals surface area contributed by atoms with E-state index in [1.54, 1.807) is 25.3 Å². The van der Waals surface area contributed by atoms with Crippen LogP contribution in [-0.2, 0) is 4.74 Å². The van der Waals surface area contributed by atoms with Gasteiger partial charge >= 0.3 is 5.97 Å². The number of ether oxygens (including phenoxy) is 1. The van der Waals surface area contributed by atoms with Crippen LogP contribution < -0.4 is 0 Å². The van der Waals surface area contributed by atoms with Gasteiger partial charge < -0.3 is 4.74 Å². The van der Waals surface area contributed by atoms with Crippen molar-refractivity contribution in [3.63, 3.8) is 0 Å². The Labute approximate surface area is 143 Å². The summed E-state index contributed by atoms with van der Waals surface area (Å²) in [5.41, 5.74) is 1.46. The first-order valence-corrected chi connectivity index (χ1v) is 7.61. The van der Waals surface area contributed by atoms with Crippen LogP contribution in [0.4, 0.5) is 5.69 Å². The number of nitro groups is 1. The zero-order chi connectivity index (χ0) is 17.8. The van der Waals surface area contributed by atoms with Crippen molar-refractivity contribution in [2.24, 2.45) is 0 Å². The SMILES string of the molecule is CC(OC(=O)c1ccn(-c2cccc([N+](=O)[O-])c2)n1)c1ccccc1. The molecule has 25 heavy (non-hydrogen) atoms. The molecule has 0 spiro atoms. The lowest BCUT2D eigenvalue weighted by molar-refractivity contribution is -0.384. The summed E-state index contributed by atoms with van der Waals surface area (Å²) in [6.07, 6.45) is 1.15. The van der Waals surface area contributed by atoms with E-state index in [2.05, 4.69) is 5.10 Å². The van der Waals surface area contributed by atoms with Gasteiger partial charge in [0.1, 0.15) is 6.10 Å². The highest BCUT2D eigenvalue weighted by atomic mass is 16.6. The fraction of sp³-hybridized carbons (Fsp3) is 0.111. The summed E-state index contributed by atoms with van der Waals surface area (Å²) in [6, 6.07) is 16.9. The Balaban J connectivity index is 1.76. The zero-order valence-corrected chi connectivity index (χ0v) is 13.4. The van der Waals surface area contributed by atoms with E-state index in [0.717, 1.165) is 5.56 Å². The molecule has 0 aliphatic carbocycles. The molecular formula is C18H15N3O4. The molecule has 0 bridgehead atoms. The lowest BCUT2D eigenvalue weighted by Gasteiger charge is -2.12. The van der Waals surface area contributed by atoms with Crippen molar-refractivity contribution in [3.8, 4) is 5.69 Å². The van der Waals surface area contributed by atoms with Crippen molar-refractivity contribution in [1.82, 2.24) is 9.78 Å². The van der Waals surface area contributed by atoms with Crippen LogP contribution in [-0.4, -0.2) is 20.7 Å². The average molecular weight is 337 g/mol. The topological polar surface area (TPSA) is 87.3 Å². The van der Waals surface area contributed by atoms with E-state index < -0.39 is 17.0 Å². The molecule has 0 saturated carbocycles. The summed E-state index contributed by atoms with van der Waals surface area (Å²) < 4.78 is 6.81. The van der Waals surface area contributed by atoms with Gasteiger partial charge in [0.05, 0.1) is 10.6 Å². The smallest absolute Gasteiger partial charge is 0.359 e. The first-order chi connectivity index (χ1) is 12.0. The number of nitrogens with zero attached hydrogens (tertiary/aromatic N) is 3. The molecular weight excluding hydrogens is 322 g/mol. The molecule has 2 aromatic carbocycles. The van der Waals surface area contributed by atoms with Crippen LogP contribution in [0.2, 0.25) is 0 Å². The minimum Gasteiger partial charge on any atom is -0.453 e. The van der Waals surface area contributed by atoms with Crippen molar-refractivity contribution in [3.05, 3.63) is 88.2 Å². The summed E-state index contributed by atoms with van der Waals surface area (Å²) in [7, 11) is 0. The second-order valence-electron chi connectivity index (χ2n) is 5.38. The Bertz CT molecular complexity index is 905. The summed E-state index contributed by atoms with van der Waals surface area (Å²) in [6.45, 7) is 1.78. The fourth-order valence-electron chi connectivity index (χ4n) is 2.34. The number of esters is 1. The summed E-state index contributed by atoms with van der Waals surface area (Å²) in [5.74, 6) is -0.555. The number of hydrogen-bond donors (Lipinski definition) is 0. The van der Waals surface area contributed by atoms with Crippen LogP contribution in [0.3, 0.4) is 0 Å². The van der Waals surface area contributed by atoms with Crippen LogP contribution >= 0.6 is 0 Å². The van der Waals surface area contributed by atoms with Crippen LogP contribution in [0.15, 0.2) is 66.9 Å². The van der Waals surface area contributed by atoms with Crippen LogP contribution in [0.25, 0.3) is 5.69 Å². The number of carbonyl (C=O) groups is 1. The van der Waals surface area contributed by atoms with E-state index in [9.17, 15) is 14.9 Å². The quantitative estimate of drug-likeness (QED) is 0.402. The average Bonchev–Trinajstić information content (AvgIpc) is 3.13. The summed E-state index contributed by atoms with van der Waals surface area (Å²) in [4.78, 5) is 22.6. The highest BCUT2D eigenvalue weighted by Crippen LogP contribution is 2.19. The number of nitro benzene ring substituents is 1. The molecule has 1 aromatic heterocycles. The van der Waals surface area contributed by atoms with Gasteiger partial charge in [-0.3, -0.25) is 10.1 Å². The Morgan fingerprint density at radius 1 is 1.16 bits per heavy atom. The highest BCUT2D eigenvalue weighted by Gasteiger charge is 2.17. The van der Waals surface area contributed by atoms with Crippen molar-refractivity contribution in [1.29, 1.82) is 0 Å². The molecule has 3 aromatic rings. The van der Waals surface area contributed by atoms with Crippen LogP contribution in [0.1, 0.15) is 29.1 Å². The van der Waals surface area contributed by atoms with Gasteiger partial charge in [-0.25, -0.2) is 9.48 Å². The Morgan fingerprint density at radius 3 is 2.64 bits per heavy atom. The van der Waals surface area contributed by atoms with Gasteiger partial charge in [-0.05, 0) is 24.6 Å². The maximum atomic E-state index is 12.2. The molecule has 3 rings (SSSR count). The van der Waals surface area contributed by atoms with E-state index in [0.29, 0.717) is 5.69 Å². The van der Waals surface area contributed by atoms with E-state index in [-0.39, 0.29) is 11.4 Å². The zero-order valence-electron chi connectivity index (χ0n) is 13.4. The predicted molar refractivity (Wildman–Crippen MR) is 90.5 cm³/mol. The van der Waals surface area contributed by atoms with Crippen LogP contribution in [0.5, 0.6) is 0 Å². The van der Waals surface area contributed by atoms with Crippen molar-refractivity contribution >= 4 is 11.7 Å². The van der Waals surface area contributed by atoms with Gasteiger partial charge in [0, 0.05) is 18.3 Å². The van der Waals surface area contributed by atoms with E-state index >= 15 is 0 Å². The molecule has 126 valence electrons. The normalized spacial score (nSPS) is 11.7. The molecule has 0 aliphatic heterocycles. The Hall–Kier alpha value is -3.48. The summed E-state index contributed by atoms with van der Waals surface area (Å²) in [5, 5.41) is 15.0. The number of carbonyl (C=O) groups excluding carboxylic acids is 1. The first-order valence-electron chi connectivity index (χ1n) is 7.61. The lowest BCUT2D eigenvalue weighted by Crippen LogP contribution is -2.10. The van der Waals surface area contributed by atoms with E-state index in [4.69, 9.17) is 4.74 Å². The highest BCUT2D eigenvalue weighted by molar-refractivity contribution is 5.87. The van der Waals surface area contributed by atoms with Crippen LogP contribution in [0, 0.1) is 10.1 Å². The molecule has 0 fully saturated rings. The molecule has 1 atom stereocenters. The monoisotopic (exact) mass is 337 g/mol. The number of non-ortho nitro benzene ring substituents is 1. The fourth-order valence-corrected chi connectivity index (χ4v) is 2.34. The largest absolute Gasteiger partial charge is 0.453 e. The number of benzene rings is 2. The third kappa shape index (κ3) is 3.72. The molecule has 1 heterocycles. The molecule has 0 N–H and O–H groups in total. The van der Waals surface area contributed by atoms with Gasteiger partial charge in [-0.1, -0.05) is 36.4 Å². The molecule has 0 radical (unpaired) electrons. The molecule has 7 nitrogen and oxygen atoms in total. The van der Waals surface area contributed by atoms with Gasteiger partial charge in [0.2, 0.25) is 0 Å². The molecule has 7 heteroatoms.